The summed E-state index contributed by atoms with van der Waals surface area (Å²) in [6, 6.07) is -4.66. The average molecular weight is 549 g/mol. The molecule has 0 bridgehead atoms. The lowest BCUT2D eigenvalue weighted by molar-refractivity contribution is -0.142. The molecule has 0 saturated carbocycles. The van der Waals surface area contributed by atoms with E-state index in [4.69, 9.17) is 17.2 Å². The zero-order valence-electron chi connectivity index (χ0n) is 21.4. The van der Waals surface area contributed by atoms with Crippen LogP contribution in [-0.4, -0.2) is 85.4 Å². The molecular formula is C23H36N10O6. The molecule has 0 fully saturated rings. The fourth-order valence-electron chi connectivity index (χ4n) is 3.68. The molecule has 0 aliphatic heterocycles. The molecule has 2 aromatic heterocycles. The first-order chi connectivity index (χ1) is 18.6. The lowest BCUT2D eigenvalue weighted by atomic mass is 10.0. The van der Waals surface area contributed by atoms with E-state index in [2.05, 4.69) is 35.9 Å². The number of primary amides is 1. The van der Waals surface area contributed by atoms with Gasteiger partial charge in [0, 0.05) is 43.0 Å². The molecule has 12 N–H and O–H groups in total. The topological polar surface area (TPSA) is 277 Å². The fourth-order valence-corrected chi connectivity index (χ4v) is 3.68. The molecule has 4 amide bonds. The Balaban J connectivity index is 2.16. The third-order valence-electron chi connectivity index (χ3n) is 5.82. The number of amides is 4. The molecule has 2 rings (SSSR count). The number of rotatable bonds is 18. The Morgan fingerprint density at radius 3 is 1.92 bits per heavy atom. The van der Waals surface area contributed by atoms with Crippen LogP contribution >= 0.6 is 0 Å². The molecule has 0 saturated heterocycles. The average Bonchev–Trinajstić information content (AvgIpc) is 3.59. The summed E-state index contributed by atoms with van der Waals surface area (Å²) < 4.78 is 0. The van der Waals surface area contributed by atoms with Crippen LogP contribution in [0.5, 0.6) is 0 Å². The molecule has 0 spiro atoms. The number of nitrogens with one attached hydrogen (secondary N) is 5. The summed E-state index contributed by atoms with van der Waals surface area (Å²) in [6.45, 7) is 0.353. The SMILES string of the molecule is NCCCCC(NC(=O)C(Cc1cnc[nH]1)NC(=O)C(N)Cc1cnc[nH]1)C(=O)NC(CCC(N)=O)C(=O)O. The largest absolute Gasteiger partial charge is 0.480 e. The summed E-state index contributed by atoms with van der Waals surface area (Å²) in [5.74, 6) is -4.13. The Kier molecular flexibility index (Phi) is 12.5. The molecule has 214 valence electrons. The van der Waals surface area contributed by atoms with Gasteiger partial charge in [-0.05, 0) is 32.2 Å². The molecule has 16 heteroatoms. The summed E-state index contributed by atoms with van der Waals surface area (Å²) in [4.78, 5) is 75.3. The van der Waals surface area contributed by atoms with E-state index in [0.29, 0.717) is 30.8 Å². The van der Waals surface area contributed by atoms with Crippen LogP contribution in [0.2, 0.25) is 0 Å². The van der Waals surface area contributed by atoms with E-state index >= 15 is 0 Å². The van der Waals surface area contributed by atoms with Crippen LogP contribution in [0.4, 0.5) is 0 Å². The van der Waals surface area contributed by atoms with E-state index in [0.717, 1.165) is 0 Å². The molecule has 16 nitrogen and oxygen atoms in total. The molecule has 2 heterocycles. The van der Waals surface area contributed by atoms with Crippen LogP contribution < -0.4 is 33.2 Å². The van der Waals surface area contributed by atoms with Gasteiger partial charge in [0.25, 0.3) is 0 Å². The smallest absolute Gasteiger partial charge is 0.326 e. The first kappa shape index (κ1) is 30.9. The van der Waals surface area contributed by atoms with E-state index in [9.17, 15) is 29.1 Å². The third kappa shape index (κ3) is 10.9. The highest BCUT2D eigenvalue weighted by Crippen LogP contribution is 2.07. The van der Waals surface area contributed by atoms with E-state index < -0.39 is 53.8 Å². The highest BCUT2D eigenvalue weighted by Gasteiger charge is 2.30. The van der Waals surface area contributed by atoms with Crippen LogP contribution in [0.3, 0.4) is 0 Å². The maximum Gasteiger partial charge on any atom is 0.326 e. The van der Waals surface area contributed by atoms with Crippen molar-refractivity contribution in [3.8, 4) is 0 Å². The van der Waals surface area contributed by atoms with Crippen molar-refractivity contribution in [3.63, 3.8) is 0 Å². The zero-order chi connectivity index (χ0) is 28.8. The Hall–Kier alpha value is -4.31. The second-order valence-corrected chi connectivity index (χ2v) is 8.98. The molecule has 0 aromatic carbocycles. The number of carbonyl (C=O) groups is 5. The van der Waals surface area contributed by atoms with Crippen molar-refractivity contribution >= 4 is 29.6 Å². The van der Waals surface area contributed by atoms with Gasteiger partial charge in [0.05, 0.1) is 18.7 Å². The van der Waals surface area contributed by atoms with Crippen molar-refractivity contribution in [1.82, 2.24) is 35.9 Å². The first-order valence-electron chi connectivity index (χ1n) is 12.4. The summed E-state index contributed by atoms with van der Waals surface area (Å²) in [5, 5.41) is 17.0. The molecule has 4 atom stereocenters. The summed E-state index contributed by atoms with van der Waals surface area (Å²) in [5.41, 5.74) is 17.8. The van der Waals surface area contributed by atoms with Gasteiger partial charge in [-0.2, -0.15) is 0 Å². The minimum atomic E-state index is -1.39. The van der Waals surface area contributed by atoms with Gasteiger partial charge in [0.1, 0.15) is 18.1 Å². The normalized spacial score (nSPS) is 14.0. The predicted octanol–water partition coefficient (Wildman–Crippen LogP) is -2.82. The highest BCUT2D eigenvalue weighted by molar-refractivity contribution is 5.94. The number of unbranched alkanes of at least 4 members (excludes halogenated alkanes) is 1. The second kappa shape index (κ2) is 15.8. The predicted molar refractivity (Wildman–Crippen MR) is 137 cm³/mol. The van der Waals surface area contributed by atoms with Gasteiger partial charge in [-0.3, -0.25) is 19.2 Å². The van der Waals surface area contributed by atoms with Crippen molar-refractivity contribution in [2.24, 2.45) is 17.2 Å². The number of nitrogens with two attached hydrogens (primary N) is 3. The quantitative estimate of drug-likeness (QED) is 0.0861. The van der Waals surface area contributed by atoms with Crippen molar-refractivity contribution in [3.05, 3.63) is 36.4 Å². The fraction of sp³-hybridized carbons (Fsp3) is 0.522. The lowest BCUT2D eigenvalue weighted by Gasteiger charge is -2.25. The zero-order valence-corrected chi connectivity index (χ0v) is 21.4. The minimum absolute atomic E-state index is 0.0157. The van der Waals surface area contributed by atoms with Crippen molar-refractivity contribution in [2.75, 3.05) is 6.54 Å². The van der Waals surface area contributed by atoms with Crippen LogP contribution in [0, 0.1) is 0 Å². The Morgan fingerprint density at radius 1 is 0.821 bits per heavy atom. The number of carbonyl (C=O) groups excluding carboxylic acids is 4. The van der Waals surface area contributed by atoms with Crippen molar-refractivity contribution in [2.45, 2.75) is 69.1 Å². The monoisotopic (exact) mass is 548 g/mol. The van der Waals surface area contributed by atoms with Gasteiger partial charge < -0.3 is 48.2 Å². The Morgan fingerprint density at radius 2 is 1.38 bits per heavy atom. The van der Waals surface area contributed by atoms with Crippen molar-refractivity contribution < 1.29 is 29.1 Å². The summed E-state index contributed by atoms with van der Waals surface area (Å²) in [7, 11) is 0. The number of hydrogen-bond acceptors (Lipinski definition) is 9. The van der Waals surface area contributed by atoms with Crippen molar-refractivity contribution in [1.29, 1.82) is 0 Å². The molecule has 39 heavy (non-hydrogen) atoms. The highest BCUT2D eigenvalue weighted by atomic mass is 16.4. The molecule has 4 unspecified atom stereocenters. The van der Waals surface area contributed by atoms with E-state index in [1.54, 1.807) is 0 Å². The van der Waals surface area contributed by atoms with Crippen LogP contribution in [0.25, 0.3) is 0 Å². The number of aromatic nitrogens is 4. The molecular weight excluding hydrogens is 512 g/mol. The number of aromatic amines is 2. The molecule has 2 aromatic rings. The van der Waals surface area contributed by atoms with E-state index in [1.165, 1.54) is 25.0 Å². The summed E-state index contributed by atoms with van der Waals surface area (Å²) >= 11 is 0. The standard InChI is InChI=1S/C23H36N10O6/c24-6-2-1-3-16(21(36)32-17(23(38)39)4-5-19(26)34)31-22(37)18(8-14-10-28-12-30-14)33-20(35)15(25)7-13-9-27-11-29-13/h9-12,15-18H,1-8,24-25H2,(H2,26,34)(H,27,29)(H,28,30)(H,31,37)(H,32,36)(H,33,35)(H,38,39). The number of hydrogen-bond donors (Lipinski definition) is 9. The maximum atomic E-state index is 13.3. The number of carboxylic acids is 1. The number of nitrogens with zero attached hydrogens (tertiary/aromatic N) is 2. The second-order valence-electron chi connectivity index (χ2n) is 8.98. The number of carboxylic acid groups (broad SMARTS) is 1. The Labute approximate surface area is 224 Å². The number of imidazole rings is 2. The van der Waals surface area contributed by atoms with Crippen LogP contribution in [0.1, 0.15) is 43.5 Å². The van der Waals surface area contributed by atoms with Gasteiger partial charge in [0.2, 0.25) is 23.6 Å². The summed E-state index contributed by atoms with van der Waals surface area (Å²) in [6.07, 6.45) is 6.74. The van der Waals surface area contributed by atoms with E-state index in [-0.39, 0.29) is 32.1 Å². The van der Waals surface area contributed by atoms with Gasteiger partial charge >= 0.3 is 5.97 Å². The number of aliphatic carboxylic acids is 1. The third-order valence-corrected chi connectivity index (χ3v) is 5.82. The number of H-pyrrole nitrogens is 2. The van der Waals surface area contributed by atoms with Gasteiger partial charge in [0.15, 0.2) is 0 Å². The molecule has 0 radical (unpaired) electrons. The van der Waals surface area contributed by atoms with Gasteiger partial charge in [-0.15, -0.1) is 0 Å². The van der Waals surface area contributed by atoms with Gasteiger partial charge in [-0.25, -0.2) is 14.8 Å². The van der Waals surface area contributed by atoms with Crippen LogP contribution in [-0.2, 0) is 36.8 Å². The minimum Gasteiger partial charge on any atom is -0.480 e. The van der Waals surface area contributed by atoms with Gasteiger partial charge in [-0.1, -0.05) is 0 Å². The van der Waals surface area contributed by atoms with E-state index in [1.807, 2.05) is 0 Å². The molecule has 0 aliphatic carbocycles. The maximum absolute atomic E-state index is 13.3. The lowest BCUT2D eigenvalue weighted by Crippen LogP contribution is -2.57. The van der Waals surface area contributed by atoms with Crippen LogP contribution in [0.15, 0.2) is 25.0 Å². The Bertz CT molecular complexity index is 1080. The first-order valence-corrected chi connectivity index (χ1v) is 12.4. The molecule has 0 aliphatic rings.